The van der Waals surface area contributed by atoms with E-state index in [1.54, 1.807) is 29.9 Å². The van der Waals surface area contributed by atoms with E-state index in [2.05, 4.69) is 6.08 Å². The van der Waals surface area contributed by atoms with Gasteiger partial charge in [0.1, 0.15) is 11.6 Å². The zero-order valence-electron chi connectivity index (χ0n) is 19.0. The number of methoxy groups -OCH3 is 1. The Labute approximate surface area is 206 Å². The molecule has 0 radical (unpaired) electrons. The fourth-order valence-corrected chi connectivity index (χ4v) is 4.67. The monoisotopic (exact) mass is 480 g/mol. The lowest BCUT2D eigenvalue weighted by atomic mass is 10.0. The predicted octanol–water partition coefficient (Wildman–Crippen LogP) is 5.86. The first-order valence-corrected chi connectivity index (χ1v) is 11.7. The molecule has 0 unspecified atom stereocenters. The fourth-order valence-electron chi connectivity index (χ4n) is 4.49. The number of benzene rings is 3. The topological polar surface area (TPSA) is 61.9 Å². The summed E-state index contributed by atoms with van der Waals surface area (Å²) >= 11 is 6.12. The summed E-state index contributed by atoms with van der Waals surface area (Å²) in [6.07, 6.45) is 4.83. The van der Waals surface area contributed by atoms with Crippen molar-refractivity contribution in [3.63, 3.8) is 0 Å². The smallest absolute Gasteiger partial charge is 0.261 e. The predicted molar refractivity (Wildman–Crippen MR) is 139 cm³/mol. The SMILES string of the molecule is COc1ccc(-c2nn(-c3ccccc3)cc2/C=C2\CCn3c2nc2ccc(Cl)cc2c3=O)cc1. The molecule has 1 aliphatic heterocycles. The van der Waals surface area contributed by atoms with Crippen LogP contribution in [0.25, 0.3) is 39.5 Å². The molecule has 3 aromatic carbocycles. The number of rotatable bonds is 4. The first-order chi connectivity index (χ1) is 17.1. The first-order valence-electron chi connectivity index (χ1n) is 11.3. The molecule has 7 heteroatoms. The van der Waals surface area contributed by atoms with Gasteiger partial charge in [-0.15, -0.1) is 0 Å². The molecule has 0 fully saturated rings. The van der Waals surface area contributed by atoms with Crippen molar-refractivity contribution in [3.05, 3.63) is 106 Å². The summed E-state index contributed by atoms with van der Waals surface area (Å²) in [6, 6.07) is 23.1. The zero-order valence-corrected chi connectivity index (χ0v) is 19.7. The minimum Gasteiger partial charge on any atom is -0.497 e. The number of nitrogens with zero attached hydrogens (tertiary/aromatic N) is 4. The van der Waals surface area contributed by atoms with Crippen LogP contribution in [0.2, 0.25) is 5.02 Å². The molecule has 6 nitrogen and oxygen atoms in total. The van der Waals surface area contributed by atoms with Crippen LogP contribution >= 0.6 is 11.6 Å². The second kappa shape index (κ2) is 8.56. The standard InChI is InChI=1S/C28H21ClN4O2/c1-35-23-10-7-18(8-11-23)26-20(17-33(31-26)22-5-3-2-4-6-22)15-19-13-14-32-27(19)30-25-12-9-21(29)16-24(25)28(32)34/h2-12,15-17H,13-14H2,1H3/b19-15+. The summed E-state index contributed by atoms with van der Waals surface area (Å²) < 4.78 is 8.94. The van der Waals surface area contributed by atoms with E-state index in [0.717, 1.165) is 33.8 Å². The molecule has 0 amide bonds. The normalized spacial score (nSPS) is 13.9. The lowest BCUT2D eigenvalue weighted by Gasteiger charge is -2.06. The van der Waals surface area contributed by atoms with E-state index < -0.39 is 0 Å². The average molecular weight is 481 g/mol. The lowest BCUT2D eigenvalue weighted by Crippen LogP contribution is -2.20. The van der Waals surface area contributed by atoms with Gasteiger partial charge in [-0.25, -0.2) is 9.67 Å². The minimum absolute atomic E-state index is 0.0636. The van der Waals surface area contributed by atoms with Gasteiger partial charge < -0.3 is 4.74 Å². The minimum atomic E-state index is -0.0636. The number of hydrogen-bond donors (Lipinski definition) is 0. The van der Waals surface area contributed by atoms with E-state index in [0.29, 0.717) is 34.7 Å². The van der Waals surface area contributed by atoms with E-state index in [1.165, 1.54) is 0 Å². The molecule has 6 rings (SSSR count). The molecular formula is C28H21ClN4O2. The molecule has 172 valence electrons. The maximum Gasteiger partial charge on any atom is 0.261 e. The molecule has 0 saturated carbocycles. The van der Waals surface area contributed by atoms with E-state index in [1.807, 2.05) is 65.5 Å². The van der Waals surface area contributed by atoms with Crippen LogP contribution in [0.1, 0.15) is 17.8 Å². The summed E-state index contributed by atoms with van der Waals surface area (Å²) in [5.74, 6) is 1.48. The number of allylic oxidation sites excluding steroid dienone is 1. The quantitative estimate of drug-likeness (QED) is 0.323. The second-order valence-electron chi connectivity index (χ2n) is 8.41. The van der Waals surface area contributed by atoms with Crippen molar-refractivity contribution in [3.8, 4) is 22.7 Å². The molecule has 3 heterocycles. The molecule has 0 atom stereocenters. The van der Waals surface area contributed by atoms with Gasteiger partial charge in [-0.2, -0.15) is 5.10 Å². The van der Waals surface area contributed by atoms with Crippen LogP contribution < -0.4 is 10.3 Å². The van der Waals surface area contributed by atoms with E-state index in [4.69, 9.17) is 26.4 Å². The van der Waals surface area contributed by atoms with Gasteiger partial charge in [-0.05, 0) is 72.7 Å². The zero-order chi connectivity index (χ0) is 23.9. The molecule has 35 heavy (non-hydrogen) atoms. The number of aromatic nitrogens is 4. The molecule has 0 saturated heterocycles. The number of ether oxygens (including phenoxy) is 1. The number of halogens is 1. The maximum atomic E-state index is 13.1. The Morgan fingerprint density at radius 2 is 1.83 bits per heavy atom. The number of fused-ring (bicyclic) bond motifs is 2. The highest BCUT2D eigenvalue weighted by molar-refractivity contribution is 6.31. The largest absolute Gasteiger partial charge is 0.497 e. The molecule has 0 spiro atoms. The fraction of sp³-hybridized carbons (Fsp3) is 0.107. The van der Waals surface area contributed by atoms with Gasteiger partial charge >= 0.3 is 0 Å². The average Bonchev–Trinajstić information content (AvgIpc) is 3.50. The summed E-state index contributed by atoms with van der Waals surface area (Å²) in [6.45, 7) is 0.583. The first kappa shape index (κ1) is 21.4. The van der Waals surface area contributed by atoms with E-state index >= 15 is 0 Å². The van der Waals surface area contributed by atoms with Crippen molar-refractivity contribution in [1.29, 1.82) is 0 Å². The van der Waals surface area contributed by atoms with E-state index in [-0.39, 0.29) is 5.56 Å². The third-order valence-corrected chi connectivity index (χ3v) is 6.50. The van der Waals surface area contributed by atoms with Crippen LogP contribution in [0.15, 0.2) is 83.8 Å². The van der Waals surface area contributed by atoms with Crippen molar-refractivity contribution in [1.82, 2.24) is 19.3 Å². The van der Waals surface area contributed by atoms with E-state index in [9.17, 15) is 4.79 Å². The molecule has 0 aliphatic carbocycles. The number of para-hydroxylation sites is 1. The summed E-state index contributed by atoms with van der Waals surface area (Å²) in [5, 5.41) is 5.98. The molecule has 5 aromatic rings. The van der Waals surface area contributed by atoms with Crippen LogP contribution in [0.3, 0.4) is 0 Å². The molecule has 1 aliphatic rings. The Bertz CT molecular complexity index is 1650. The van der Waals surface area contributed by atoms with Crippen molar-refractivity contribution in [2.45, 2.75) is 13.0 Å². The highest BCUT2D eigenvalue weighted by Gasteiger charge is 2.22. The Morgan fingerprint density at radius 3 is 2.60 bits per heavy atom. The molecular weight excluding hydrogens is 460 g/mol. The third-order valence-electron chi connectivity index (χ3n) is 6.26. The van der Waals surface area contributed by atoms with Gasteiger partial charge in [0, 0.05) is 28.9 Å². The molecule has 0 bridgehead atoms. The van der Waals surface area contributed by atoms with Crippen LogP contribution in [-0.2, 0) is 6.54 Å². The second-order valence-corrected chi connectivity index (χ2v) is 8.85. The van der Waals surface area contributed by atoms with Gasteiger partial charge in [0.05, 0.1) is 29.4 Å². The summed E-state index contributed by atoms with van der Waals surface area (Å²) in [5.41, 5.74) is 5.33. The van der Waals surface area contributed by atoms with Crippen LogP contribution in [0, 0.1) is 0 Å². The Kier molecular flexibility index (Phi) is 5.23. The van der Waals surface area contributed by atoms with Crippen LogP contribution in [-0.4, -0.2) is 26.4 Å². The Hall–Kier alpha value is -4.16. The van der Waals surface area contributed by atoms with Crippen LogP contribution in [0.5, 0.6) is 5.75 Å². The van der Waals surface area contributed by atoms with Crippen molar-refractivity contribution in [2.24, 2.45) is 0 Å². The highest BCUT2D eigenvalue weighted by atomic mass is 35.5. The van der Waals surface area contributed by atoms with Gasteiger partial charge in [0.15, 0.2) is 0 Å². The van der Waals surface area contributed by atoms with Crippen LogP contribution in [0.4, 0.5) is 0 Å². The van der Waals surface area contributed by atoms with Gasteiger partial charge in [0.2, 0.25) is 0 Å². The number of hydrogen-bond acceptors (Lipinski definition) is 4. The van der Waals surface area contributed by atoms with Gasteiger partial charge in [0.25, 0.3) is 5.56 Å². The molecule has 2 aromatic heterocycles. The van der Waals surface area contributed by atoms with Crippen molar-refractivity contribution >= 4 is 34.2 Å². The van der Waals surface area contributed by atoms with Crippen molar-refractivity contribution in [2.75, 3.05) is 7.11 Å². The maximum absolute atomic E-state index is 13.1. The summed E-state index contributed by atoms with van der Waals surface area (Å²) in [7, 11) is 1.65. The van der Waals surface area contributed by atoms with Gasteiger partial charge in [-0.1, -0.05) is 29.8 Å². The van der Waals surface area contributed by atoms with Gasteiger partial charge in [-0.3, -0.25) is 9.36 Å². The lowest BCUT2D eigenvalue weighted by molar-refractivity contribution is 0.415. The van der Waals surface area contributed by atoms with Crippen molar-refractivity contribution < 1.29 is 4.74 Å². The summed E-state index contributed by atoms with van der Waals surface area (Å²) in [4.78, 5) is 17.9. The Balaban J connectivity index is 1.51. The highest BCUT2D eigenvalue weighted by Crippen LogP contribution is 2.32. The molecule has 0 N–H and O–H groups in total. The third kappa shape index (κ3) is 3.82. The Morgan fingerprint density at radius 1 is 1.03 bits per heavy atom.